The smallest absolute Gasteiger partial charge is 0.271 e. The van der Waals surface area contributed by atoms with Crippen molar-refractivity contribution in [2.24, 2.45) is 0 Å². The van der Waals surface area contributed by atoms with Crippen molar-refractivity contribution < 1.29 is 14.4 Å². The first-order valence-corrected chi connectivity index (χ1v) is 8.86. The number of pyridine rings is 1. The molecule has 6 nitrogen and oxygen atoms in total. The fourth-order valence-electron chi connectivity index (χ4n) is 3.47. The molecule has 2 amide bonds. The number of carbonyl (C=O) groups excluding carboxylic acids is 2. The maximum Gasteiger partial charge on any atom is 0.271 e. The molecule has 4 rings (SSSR count). The summed E-state index contributed by atoms with van der Waals surface area (Å²) < 4.78 is 0. The second-order valence-corrected chi connectivity index (χ2v) is 6.64. The minimum Gasteiger partial charge on any atom is -0.330 e. The lowest BCUT2D eigenvalue weighted by molar-refractivity contribution is -0.127. The molecule has 0 fully saturated rings. The number of hydroxylamine groups is 1. The number of rotatable bonds is 5. The summed E-state index contributed by atoms with van der Waals surface area (Å²) in [5, 5.41) is 2.08. The van der Waals surface area contributed by atoms with Crippen molar-refractivity contribution in [2.75, 3.05) is 13.7 Å². The fourth-order valence-corrected chi connectivity index (χ4v) is 3.47. The Kier molecular flexibility index (Phi) is 4.63. The molecule has 140 valence electrons. The first-order chi connectivity index (χ1) is 13.6. The van der Waals surface area contributed by atoms with Gasteiger partial charge in [-0.05, 0) is 40.6 Å². The number of nitrogens with one attached hydrogen (secondary N) is 1. The first kappa shape index (κ1) is 17.9. The molecule has 1 aliphatic heterocycles. The van der Waals surface area contributed by atoms with Gasteiger partial charge >= 0.3 is 0 Å². The molecule has 6 heteroatoms. The van der Waals surface area contributed by atoms with Gasteiger partial charge in [-0.15, -0.1) is 0 Å². The number of aromatic nitrogens is 1. The molecule has 2 heterocycles. The molecule has 0 saturated heterocycles. The molecule has 1 aliphatic rings. The van der Waals surface area contributed by atoms with Gasteiger partial charge in [0.05, 0.1) is 19.3 Å². The lowest BCUT2D eigenvalue weighted by atomic mass is 9.98. The van der Waals surface area contributed by atoms with Gasteiger partial charge in [-0.1, -0.05) is 30.8 Å². The molecule has 3 aromatic rings. The van der Waals surface area contributed by atoms with Crippen molar-refractivity contribution in [1.29, 1.82) is 0 Å². The monoisotopic (exact) mass is 373 g/mol. The van der Waals surface area contributed by atoms with Crippen molar-refractivity contribution in [3.8, 4) is 11.3 Å². The second kappa shape index (κ2) is 7.25. The molecule has 0 radical (unpaired) electrons. The normalized spacial score (nSPS) is 12.9. The number of benzene rings is 2. The molecule has 1 aromatic heterocycles. The highest BCUT2D eigenvalue weighted by Crippen LogP contribution is 2.33. The van der Waals surface area contributed by atoms with Gasteiger partial charge in [0.2, 0.25) is 0 Å². The molecule has 0 bridgehead atoms. The van der Waals surface area contributed by atoms with Crippen LogP contribution >= 0.6 is 0 Å². The van der Waals surface area contributed by atoms with Crippen molar-refractivity contribution >= 4 is 22.6 Å². The first-order valence-electron chi connectivity index (χ1n) is 8.86. The number of hydrogen-bond donors (Lipinski definition) is 1. The number of hydrogen-bond acceptors (Lipinski definition) is 4. The average molecular weight is 373 g/mol. The van der Waals surface area contributed by atoms with E-state index in [9.17, 15) is 9.59 Å². The van der Waals surface area contributed by atoms with Crippen LogP contribution in [0.15, 0.2) is 66.9 Å². The van der Waals surface area contributed by atoms with Gasteiger partial charge < -0.3 is 4.90 Å². The van der Waals surface area contributed by atoms with E-state index in [0.717, 1.165) is 27.6 Å². The predicted molar refractivity (Wildman–Crippen MR) is 106 cm³/mol. The SMILES string of the molecule is C=C(CN1Cc2c(ccc3ccc(-c4ccccn4)cc23)C1=O)C(=O)NOC. The summed E-state index contributed by atoms with van der Waals surface area (Å²) >= 11 is 0. The summed E-state index contributed by atoms with van der Waals surface area (Å²) in [5.41, 5.74) is 5.99. The van der Waals surface area contributed by atoms with Crippen LogP contribution in [0.2, 0.25) is 0 Å². The van der Waals surface area contributed by atoms with Crippen LogP contribution < -0.4 is 5.48 Å². The molecular weight excluding hydrogens is 354 g/mol. The molecule has 0 saturated carbocycles. The summed E-state index contributed by atoms with van der Waals surface area (Å²) in [6.45, 7) is 4.33. The van der Waals surface area contributed by atoms with E-state index in [4.69, 9.17) is 0 Å². The maximum absolute atomic E-state index is 12.8. The van der Waals surface area contributed by atoms with Crippen LogP contribution in [-0.4, -0.2) is 35.4 Å². The van der Waals surface area contributed by atoms with Crippen LogP contribution in [0, 0.1) is 0 Å². The zero-order valence-corrected chi connectivity index (χ0v) is 15.4. The highest BCUT2D eigenvalue weighted by atomic mass is 16.6. The largest absolute Gasteiger partial charge is 0.330 e. The molecule has 2 aromatic carbocycles. The third-order valence-corrected chi connectivity index (χ3v) is 4.86. The van der Waals surface area contributed by atoms with E-state index >= 15 is 0 Å². The van der Waals surface area contributed by atoms with Gasteiger partial charge in [0.15, 0.2) is 0 Å². The van der Waals surface area contributed by atoms with E-state index in [0.29, 0.717) is 12.1 Å². The van der Waals surface area contributed by atoms with Crippen molar-refractivity contribution in [3.05, 3.63) is 78.0 Å². The molecule has 0 atom stereocenters. The fraction of sp³-hybridized carbons (Fsp3) is 0.136. The molecule has 28 heavy (non-hydrogen) atoms. The maximum atomic E-state index is 12.8. The summed E-state index contributed by atoms with van der Waals surface area (Å²) in [6.07, 6.45) is 1.76. The minimum atomic E-state index is -0.437. The molecule has 0 unspecified atom stereocenters. The molecule has 0 aliphatic carbocycles. The Morgan fingerprint density at radius 3 is 2.82 bits per heavy atom. The van der Waals surface area contributed by atoms with Gasteiger partial charge in [-0.25, -0.2) is 5.48 Å². The minimum absolute atomic E-state index is 0.105. The molecular formula is C22H19N3O3. The van der Waals surface area contributed by atoms with Crippen molar-refractivity contribution in [1.82, 2.24) is 15.4 Å². The number of fused-ring (bicyclic) bond motifs is 3. The van der Waals surface area contributed by atoms with E-state index in [-0.39, 0.29) is 18.0 Å². The van der Waals surface area contributed by atoms with Crippen molar-refractivity contribution in [2.45, 2.75) is 6.54 Å². The zero-order chi connectivity index (χ0) is 19.7. The Morgan fingerprint density at radius 1 is 1.25 bits per heavy atom. The Bertz CT molecular complexity index is 1090. The molecule has 0 spiro atoms. The Morgan fingerprint density at radius 2 is 2.07 bits per heavy atom. The van der Waals surface area contributed by atoms with E-state index < -0.39 is 5.91 Å². The second-order valence-electron chi connectivity index (χ2n) is 6.64. The summed E-state index contributed by atoms with van der Waals surface area (Å²) in [5.74, 6) is -0.542. The third-order valence-electron chi connectivity index (χ3n) is 4.86. The van der Waals surface area contributed by atoms with Crippen LogP contribution in [0.3, 0.4) is 0 Å². The van der Waals surface area contributed by atoms with E-state index in [1.165, 1.54) is 7.11 Å². The lowest BCUT2D eigenvalue weighted by Crippen LogP contribution is -2.32. The van der Waals surface area contributed by atoms with Crippen LogP contribution in [-0.2, 0) is 16.2 Å². The zero-order valence-electron chi connectivity index (χ0n) is 15.4. The summed E-state index contributed by atoms with van der Waals surface area (Å²) in [6, 6.07) is 15.7. The van der Waals surface area contributed by atoms with Crippen LogP contribution in [0.5, 0.6) is 0 Å². The Hall–Kier alpha value is -3.51. The predicted octanol–water partition coefficient (Wildman–Crippen LogP) is 3.09. The quantitative estimate of drug-likeness (QED) is 0.551. The summed E-state index contributed by atoms with van der Waals surface area (Å²) in [7, 11) is 1.35. The van der Waals surface area contributed by atoms with Gasteiger partial charge in [-0.3, -0.25) is 19.4 Å². The van der Waals surface area contributed by atoms with Crippen LogP contribution in [0.1, 0.15) is 15.9 Å². The van der Waals surface area contributed by atoms with E-state index in [1.54, 1.807) is 11.1 Å². The van der Waals surface area contributed by atoms with Gasteiger partial charge in [-0.2, -0.15) is 0 Å². The van der Waals surface area contributed by atoms with E-state index in [1.807, 2.05) is 42.5 Å². The lowest BCUT2D eigenvalue weighted by Gasteiger charge is -2.16. The van der Waals surface area contributed by atoms with E-state index in [2.05, 4.69) is 27.9 Å². The molecule has 1 N–H and O–H groups in total. The Balaban J connectivity index is 1.68. The summed E-state index contributed by atoms with van der Waals surface area (Å²) in [4.78, 5) is 35.3. The van der Waals surface area contributed by atoms with Crippen molar-refractivity contribution in [3.63, 3.8) is 0 Å². The van der Waals surface area contributed by atoms with Gasteiger partial charge in [0, 0.05) is 29.4 Å². The van der Waals surface area contributed by atoms with Gasteiger partial charge in [0.1, 0.15) is 0 Å². The highest BCUT2D eigenvalue weighted by molar-refractivity contribution is 6.05. The standard InChI is InChI=1S/C22H19N3O3/c1-14(21(26)24-28-2)12-25-13-19-17(22(25)27)9-8-15-6-7-16(11-18(15)19)20-5-3-4-10-23-20/h3-11H,1,12-13H2,2H3,(H,24,26). The number of amides is 2. The Labute approximate surface area is 162 Å². The topological polar surface area (TPSA) is 71.5 Å². The number of nitrogens with zero attached hydrogens (tertiary/aromatic N) is 2. The third kappa shape index (κ3) is 3.14. The van der Waals surface area contributed by atoms with Crippen LogP contribution in [0.25, 0.3) is 22.0 Å². The number of carbonyl (C=O) groups is 2. The van der Waals surface area contributed by atoms with Gasteiger partial charge in [0.25, 0.3) is 11.8 Å². The van der Waals surface area contributed by atoms with Crippen LogP contribution in [0.4, 0.5) is 0 Å². The highest BCUT2D eigenvalue weighted by Gasteiger charge is 2.30. The average Bonchev–Trinajstić information content (AvgIpc) is 3.04.